The second kappa shape index (κ2) is 18.2. The predicted molar refractivity (Wildman–Crippen MR) is 149 cm³/mol. The Morgan fingerprint density at radius 2 is 1.20 bits per heavy atom. The SMILES string of the molecule is CN(CCOc1ccc([N+](=O)[O-])cc1)S(C)(=O)=O.COS(=O)OCCN(C)S(C)(=O)=O.O=[N+]([O-])c1ccc(O)cc1. The first kappa shape index (κ1) is 37.7. The minimum absolute atomic E-state index is 0.0159. The van der Waals surface area contributed by atoms with Gasteiger partial charge in [0.05, 0.1) is 36.1 Å². The highest BCUT2D eigenvalue weighted by atomic mass is 32.2. The third-order valence-corrected chi connectivity index (χ3v) is 7.90. The molecule has 0 aliphatic heterocycles. The van der Waals surface area contributed by atoms with E-state index in [2.05, 4.69) is 8.37 Å². The van der Waals surface area contributed by atoms with Crippen LogP contribution in [0.25, 0.3) is 0 Å². The van der Waals surface area contributed by atoms with Gasteiger partial charge in [0, 0.05) is 51.5 Å². The molecular weight excluding hydrogens is 612 g/mol. The van der Waals surface area contributed by atoms with Gasteiger partial charge < -0.3 is 9.84 Å². The molecule has 2 rings (SSSR count). The summed E-state index contributed by atoms with van der Waals surface area (Å²) in [4.78, 5) is 19.4. The summed E-state index contributed by atoms with van der Waals surface area (Å²) in [5, 5.41) is 29.2. The van der Waals surface area contributed by atoms with Gasteiger partial charge in [-0.15, -0.1) is 0 Å². The van der Waals surface area contributed by atoms with Crippen LogP contribution in [0.2, 0.25) is 0 Å². The number of ether oxygens (including phenoxy) is 1. The molecule has 17 nitrogen and oxygen atoms in total. The first-order valence-electron chi connectivity index (χ1n) is 11.1. The van der Waals surface area contributed by atoms with E-state index in [1.54, 1.807) is 0 Å². The number of nitrogens with zero attached hydrogens (tertiary/aromatic N) is 4. The zero-order valence-corrected chi connectivity index (χ0v) is 25.3. The number of phenols is 1. The van der Waals surface area contributed by atoms with E-state index in [4.69, 9.17) is 9.84 Å². The Bertz CT molecular complexity index is 1340. The lowest BCUT2D eigenvalue weighted by molar-refractivity contribution is -0.385. The largest absolute Gasteiger partial charge is 0.508 e. The number of benzene rings is 2. The zero-order chi connectivity index (χ0) is 31.8. The number of hydrogen-bond acceptors (Lipinski definition) is 13. The normalized spacial score (nSPS) is 12.0. The fourth-order valence-corrected chi connectivity index (χ4v) is 3.26. The van der Waals surface area contributed by atoms with Crippen molar-refractivity contribution in [2.45, 2.75) is 0 Å². The molecule has 0 aliphatic rings. The van der Waals surface area contributed by atoms with E-state index in [-0.39, 0.29) is 43.4 Å². The maximum atomic E-state index is 11.1. The lowest BCUT2D eigenvalue weighted by Gasteiger charge is -2.14. The van der Waals surface area contributed by atoms with Gasteiger partial charge in [-0.25, -0.2) is 25.4 Å². The van der Waals surface area contributed by atoms with Crippen molar-refractivity contribution in [3.05, 3.63) is 68.8 Å². The quantitative estimate of drug-likeness (QED) is 0.240. The van der Waals surface area contributed by atoms with E-state index >= 15 is 0 Å². The van der Waals surface area contributed by atoms with Crippen molar-refractivity contribution in [1.82, 2.24) is 8.61 Å². The van der Waals surface area contributed by atoms with Gasteiger partial charge in [-0.2, -0.15) is 4.21 Å². The van der Waals surface area contributed by atoms with Gasteiger partial charge in [-0.05, 0) is 24.3 Å². The van der Waals surface area contributed by atoms with E-state index in [0.717, 1.165) is 16.8 Å². The van der Waals surface area contributed by atoms with Crippen molar-refractivity contribution in [1.29, 1.82) is 0 Å². The molecule has 0 heterocycles. The van der Waals surface area contributed by atoms with E-state index < -0.39 is 41.3 Å². The smallest absolute Gasteiger partial charge is 0.304 e. The summed E-state index contributed by atoms with van der Waals surface area (Å²) < 4.78 is 70.8. The van der Waals surface area contributed by atoms with E-state index in [0.29, 0.717) is 5.75 Å². The molecule has 0 saturated heterocycles. The first-order chi connectivity index (χ1) is 18.9. The topological polar surface area (TPSA) is 226 Å². The van der Waals surface area contributed by atoms with Crippen LogP contribution in [0, 0.1) is 20.2 Å². The summed E-state index contributed by atoms with van der Waals surface area (Å²) in [5.41, 5.74) is -0.0339. The Balaban J connectivity index is 0.000000614. The Morgan fingerprint density at radius 3 is 1.56 bits per heavy atom. The summed E-state index contributed by atoms with van der Waals surface area (Å²) in [7, 11) is -2.31. The second-order valence-electron chi connectivity index (χ2n) is 7.73. The molecule has 41 heavy (non-hydrogen) atoms. The first-order valence-corrected chi connectivity index (χ1v) is 15.8. The molecule has 2 aromatic carbocycles. The summed E-state index contributed by atoms with van der Waals surface area (Å²) in [6.45, 7) is 0.579. The molecular formula is C21H32N4O13S3. The number of aromatic hydroxyl groups is 1. The van der Waals surface area contributed by atoms with Crippen molar-refractivity contribution >= 4 is 42.8 Å². The summed E-state index contributed by atoms with van der Waals surface area (Å²) in [6, 6.07) is 10.6. The zero-order valence-electron chi connectivity index (χ0n) is 22.8. The molecule has 20 heteroatoms. The van der Waals surface area contributed by atoms with Crippen LogP contribution < -0.4 is 4.74 Å². The van der Waals surface area contributed by atoms with Gasteiger partial charge in [0.25, 0.3) is 11.4 Å². The molecule has 1 atom stereocenters. The molecule has 0 aliphatic carbocycles. The standard InChI is InChI=1S/C10H14N2O5S.C6H5NO3.C5H13NO5S2/c1-11(18(2,15)16)7-8-17-10-5-3-9(4-6-10)12(13)14;8-6-3-1-5(2-4-6)7(9)10;1-6(13(3,8)9)4-5-11-12(7)10-2/h3-6H,7-8H2,1-2H3;1-4,8H;4-5H2,1-3H3. The highest BCUT2D eigenvalue weighted by molar-refractivity contribution is 7.88. The monoisotopic (exact) mass is 644 g/mol. The number of hydrogen-bond donors (Lipinski definition) is 1. The molecule has 232 valence electrons. The summed E-state index contributed by atoms with van der Waals surface area (Å²) in [5.74, 6) is 0.494. The maximum absolute atomic E-state index is 11.1. The van der Waals surface area contributed by atoms with Crippen molar-refractivity contribution in [2.24, 2.45) is 0 Å². The molecule has 0 aromatic heterocycles. The van der Waals surface area contributed by atoms with Gasteiger partial charge in [-0.3, -0.25) is 28.6 Å². The van der Waals surface area contributed by atoms with Crippen molar-refractivity contribution in [3.63, 3.8) is 0 Å². The van der Waals surface area contributed by atoms with Crippen molar-refractivity contribution in [3.8, 4) is 11.5 Å². The van der Waals surface area contributed by atoms with Crippen LogP contribution in [0.3, 0.4) is 0 Å². The lowest BCUT2D eigenvalue weighted by Crippen LogP contribution is -2.29. The fraction of sp³-hybridized carbons (Fsp3) is 0.429. The molecule has 1 N–H and O–H groups in total. The summed E-state index contributed by atoms with van der Waals surface area (Å²) in [6.07, 6.45) is 2.19. The highest BCUT2D eigenvalue weighted by Crippen LogP contribution is 2.17. The molecule has 0 spiro atoms. The minimum atomic E-state index is -3.21. The third-order valence-electron chi connectivity index (χ3n) is 4.64. The number of phenolic OH excluding ortho intramolecular Hbond substituents is 1. The molecule has 0 radical (unpaired) electrons. The molecule has 0 saturated carbocycles. The number of likely N-dealkylation sites (N-methyl/N-ethyl adjacent to an activating group) is 2. The fourth-order valence-electron chi connectivity index (χ4n) is 2.14. The van der Waals surface area contributed by atoms with Crippen LogP contribution in [0.5, 0.6) is 11.5 Å². The summed E-state index contributed by atoms with van der Waals surface area (Å²) >= 11 is -1.79. The van der Waals surface area contributed by atoms with Crippen molar-refractivity contribution < 1.29 is 49.1 Å². The van der Waals surface area contributed by atoms with Gasteiger partial charge in [0.2, 0.25) is 20.0 Å². The number of sulfonamides is 2. The van der Waals surface area contributed by atoms with Gasteiger partial charge >= 0.3 is 11.4 Å². The number of rotatable bonds is 13. The minimum Gasteiger partial charge on any atom is -0.508 e. The van der Waals surface area contributed by atoms with Crippen LogP contribution in [0.1, 0.15) is 0 Å². The van der Waals surface area contributed by atoms with E-state index in [1.165, 1.54) is 74.0 Å². The van der Waals surface area contributed by atoms with Crippen LogP contribution in [0.15, 0.2) is 48.5 Å². The maximum Gasteiger partial charge on any atom is 0.304 e. The Labute approximate surface area is 240 Å². The molecule has 0 fully saturated rings. The van der Waals surface area contributed by atoms with E-state index in [1.807, 2.05) is 0 Å². The third kappa shape index (κ3) is 17.2. The molecule has 0 bridgehead atoms. The molecule has 0 amide bonds. The Morgan fingerprint density at radius 1 is 0.805 bits per heavy atom. The van der Waals surface area contributed by atoms with E-state index in [9.17, 15) is 41.3 Å². The number of nitro benzene ring substituents is 2. The van der Waals surface area contributed by atoms with Crippen LogP contribution in [-0.2, 0) is 39.8 Å². The van der Waals surface area contributed by atoms with Crippen molar-refractivity contribution in [2.75, 3.05) is 60.0 Å². The number of non-ortho nitro benzene ring substituents is 2. The average Bonchev–Trinajstić information content (AvgIpc) is 2.88. The van der Waals surface area contributed by atoms with Gasteiger partial charge in [-0.1, -0.05) is 0 Å². The van der Waals surface area contributed by atoms with Crippen LogP contribution in [-0.4, -0.2) is 105 Å². The Kier molecular flexibility index (Phi) is 16.8. The predicted octanol–water partition coefficient (Wildman–Crippen LogP) is 1.28. The average molecular weight is 645 g/mol. The highest BCUT2D eigenvalue weighted by Gasteiger charge is 2.11. The van der Waals surface area contributed by atoms with Crippen LogP contribution in [0.4, 0.5) is 11.4 Å². The van der Waals surface area contributed by atoms with Gasteiger partial charge in [0.15, 0.2) is 0 Å². The number of nitro groups is 2. The Hall–Kier alpha value is -3.27. The lowest BCUT2D eigenvalue weighted by atomic mass is 10.3. The second-order valence-corrected chi connectivity index (χ2v) is 12.9. The molecule has 2 aromatic rings. The molecule has 1 unspecified atom stereocenters. The van der Waals surface area contributed by atoms with Gasteiger partial charge in [0.1, 0.15) is 18.1 Å². The van der Waals surface area contributed by atoms with Crippen LogP contribution >= 0.6 is 0 Å².